The van der Waals surface area contributed by atoms with Crippen molar-refractivity contribution in [1.82, 2.24) is 4.31 Å². The molecule has 0 saturated heterocycles. The fraction of sp³-hybridized carbons (Fsp3) is 0.529. The second kappa shape index (κ2) is 6.48. The average Bonchev–Trinajstić information content (AvgIpc) is 2.79. The molecule has 1 aliphatic rings. The molecule has 5 nitrogen and oxygen atoms in total. The quantitative estimate of drug-likeness (QED) is 0.748. The van der Waals surface area contributed by atoms with E-state index >= 15 is 0 Å². The summed E-state index contributed by atoms with van der Waals surface area (Å²) >= 11 is 6.33. The molecule has 0 aromatic heterocycles. The zero-order valence-corrected chi connectivity index (χ0v) is 16.1. The van der Waals surface area contributed by atoms with Crippen molar-refractivity contribution in [2.24, 2.45) is 4.99 Å². The van der Waals surface area contributed by atoms with Gasteiger partial charge < -0.3 is 0 Å². The van der Waals surface area contributed by atoms with E-state index in [1.807, 2.05) is 13.8 Å². The van der Waals surface area contributed by atoms with Crippen molar-refractivity contribution in [2.45, 2.75) is 62.9 Å². The van der Waals surface area contributed by atoms with Crippen LogP contribution in [0.15, 0.2) is 34.2 Å². The number of hydrogen-bond acceptors (Lipinski definition) is 4. The van der Waals surface area contributed by atoms with Crippen LogP contribution in [0.25, 0.3) is 0 Å². The van der Waals surface area contributed by atoms with Gasteiger partial charge in [-0.1, -0.05) is 24.6 Å². The van der Waals surface area contributed by atoms with Gasteiger partial charge >= 0.3 is 0 Å². The molecule has 2 atom stereocenters. The van der Waals surface area contributed by atoms with E-state index in [1.54, 1.807) is 38.1 Å². The van der Waals surface area contributed by atoms with Crippen LogP contribution in [-0.2, 0) is 14.8 Å². The van der Waals surface area contributed by atoms with Gasteiger partial charge in [-0.25, -0.2) is 12.7 Å². The zero-order chi connectivity index (χ0) is 18.3. The van der Waals surface area contributed by atoms with Crippen LogP contribution in [0.3, 0.4) is 0 Å². The van der Waals surface area contributed by atoms with Crippen molar-refractivity contribution in [3.05, 3.63) is 29.8 Å². The van der Waals surface area contributed by atoms with Crippen molar-refractivity contribution in [3.8, 4) is 0 Å². The second-order valence-corrected chi connectivity index (χ2v) is 8.97. The van der Waals surface area contributed by atoms with Crippen LogP contribution in [0.1, 0.15) is 39.7 Å². The lowest BCUT2D eigenvalue weighted by Crippen LogP contribution is -2.52. The number of sulfonamides is 1. The van der Waals surface area contributed by atoms with E-state index < -0.39 is 27.0 Å². The minimum Gasteiger partial charge on any atom is -0.298 e. The molecule has 0 amide bonds. The molecular formula is C17H23ClN2O3S. The summed E-state index contributed by atoms with van der Waals surface area (Å²) in [5.74, 6) is -0.0145. The van der Waals surface area contributed by atoms with Crippen LogP contribution in [0.4, 0.5) is 0 Å². The molecule has 0 bridgehead atoms. The monoisotopic (exact) mass is 370 g/mol. The van der Waals surface area contributed by atoms with E-state index in [0.717, 1.165) is 9.87 Å². The molecule has 1 heterocycles. The number of ketones is 1. The maximum Gasteiger partial charge on any atom is 0.266 e. The van der Waals surface area contributed by atoms with Crippen LogP contribution in [0.2, 0.25) is 0 Å². The molecular weight excluding hydrogens is 348 g/mol. The van der Waals surface area contributed by atoms with Gasteiger partial charge in [0.25, 0.3) is 10.0 Å². The topological polar surface area (TPSA) is 66.8 Å². The third-order valence-corrected chi connectivity index (χ3v) is 6.42. The highest BCUT2D eigenvalue weighted by Crippen LogP contribution is 2.36. The number of amidine groups is 1. The summed E-state index contributed by atoms with van der Waals surface area (Å²) in [5.41, 5.74) is 0.0952. The predicted octanol–water partition coefficient (Wildman–Crippen LogP) is 3.15. The van der Waals surface area contributed by atoms with E-state index in [2.05, 4.69) is 4.99 Å². The van der Waals surface area contributed by atoms with Crippen LogP contribution in [0, 0.1) is 6.92 Å². The highest BCUT2D eigenvalue weighted by Gasteiger charge is 2.51. The number of halogens is 1. The SMILES string of the molecule is CC[C@H](Cl)C1=NC(C)(C)[C@@H](C(C)=O)N1S(=O)(=O)c1ccc(C)cc1. The largest absolute Gasteiger partial charge is 0.298 e. The minimum absolute atomic E-state index is 0.129. The molecule has 1 aromatic rings. The van der Waals surface area contributed by atoms with Crippen LogP contribution in [-0.4, -0.2) is 41.3 Å². The first-order valence-corrected chi connectivity index (χ1v) is 9.75. The Balaban J connectivity index is 2.63. The van der Waals surface area contributed by atoms with Gasteiger partial charge in [-0.3, -0.25) is 9.79 Å². The van der Waals surface area contributed by atoms with Crippen LogP contribution < -0.4 is 0 Å². The highest BCUT2D eigenvalue weighted by molar-refractivity contribution is 7.89. The summed E-state index contributed by atoms with van der Waals surface area (Å²) < 4.78 is 27.6. The Bertz CT molecular complexity index is 770. The number of Topliss-reactive ketones (excluding diaryl/α,β-unsaturated/α-hetero) is 1. The number of aryl methyl sites for hydroxylation is 1. The fourth-order valence-electron chi connectivity index (χ4n) is 2.96. The van der Waals surface area contributed by atoms with E-state index in [0.29, 0.717) is 6.42 Å². The van der Waals surface area contributed by atoms with Gasteiger partial charge in [-0.05, 0) is 46.2 Å². The van der Waals surface area contributed by atoms with E-state index in [1.165, 1.54) is 6.92 Å². The van der Waals surface area contributed by atoms with E-state index in [9.17, 15) is 13.2 Å². The van der Waals surface area contributed by atoms with Gasteiger partial charge in [0.2, 0.25) is 0 Å². The lowest BCUT2D eigenvalue weighted by Gasteiger charge is -2.31. The molecule has 0 fully saturated rings. The van der Waals surface area contributed by atoms with E-state index in [-0.39, 0.29) is 16.5 Å². The summed E-state index contributed by atoms with van der Waals surface area (Å²) in [5, 5.41) is -0.575. The summed E-state index contributed by atoms with van der Waals surface area (Å²) in [4.78, 5) is 16.9. The first-order valence-electron chi connectivity index (χ1n) is 7.87. The van der Waals surface area contributed by atoms with Gasteiger partial charge in [0.1, 0.15) is 11.9 Å². The number of alkyl halides is 1. The zero-order valence-electron chi connectivity index (χ0n) is 14.6. The van der Waals surface area contributed by atoms with Crippen molar-refractivity contribution >= 4 is 33.2 Å². The predicted molar refractivity (Wildman–Crippen MR) is 96.1 cm³/mol. The summed E-state index contributed by atoms with van der Waals surface area (Å²) in [6, 6.07) is 5.64. The lowest BCUT2D eigenvalue weighted by molar-refractivity contribution is -0.120. The number of carbonyl (C=O) groups excluding carboxylic acids is 1. The molecule has 2 rings (SSSR count). The smallest absolute Gasteiger partial charge is 0.266 e. The minimum atomic E-state index is -3.93. The number of nitrogens with zero attached hydrogens (tertiary/aromatic N) is 2. The average molecular weight is 371 g/mol. The maximum absolute atomic E-state index is 13.2. The Morgan fingerprint density at radius 2 is 1.88 bits per heavy atom. The Hall–Kier alpha value is -1.40. The molecule has 24 heavy (non-hydrogen) atoms. The molecule has 0 spiro atoms. The molecule has 0 N–H and O–H groups in total. The van der Waals surface area contributed by atoms with Crippen molar-refractivity contribution in [2.75, 3.05) is 0 Å². The Labute approximate surface area is 148 Å². The summed E-state index contributed by atoms with van der Waals surface area (Å²) in [6.45, 7) is 8.63. The molecule has 132 valence electrons. The van der Waals surface area contributed by atoms with Gasteiger partial charge in [0.15, 0.2) is 5.78 Å². The van der Waals surface area contributed by atoms with Crippen LogP contribution >= 0.6 is 11.6 Å². The normalized spacial score (nSPS) is 21.5. The number of carbonyl (C=O) groups is 1. The lowest BCUT2D eigenvalue weighted by atomic mass is 9.94. The Morgan fingerprint density at radius 3 is 2.33 bits per heavy atom. The third kappa shape index (κ3) is 3.22. The second-order valence-electron chi connectivity index (χ2n) is 6.63. The highest BCUT2D eigenvalue weighted by atomic mass is 35.5. The maximum atomic E-state index is 13.2. The molecule has 0 saturated carbocycles. The Morgan fingerprint density at radius 1 is 1.33 bits per heavy atom. The summed E-state index contributed by atoms with van der Waals surface area (Å²) in [6.07, 6.45) is 0.515. The van der Waals surface area contributed by atoms with Crippen molar-refractivity contribution < 1.29 is 13.2 Å². The molecule has 0 radical (unpaired) electrons. The first kappa shape index (κ1) is 18.9. The van der Waals surface area contributed by atoms with Crippen molar-refractivity contribution in [3.63, 3.8) is 0 Å². The Kier molecular flexibility index (Phi) is 5.11. The number of rotatable bonds is 5. The van der Waals surface area contributed by atoms with Crippen LogP contribution in [0.5, 0.6) is 0 Å². The standard InChI is InChI=1S/C17H23ClN2O3S/c1-6-14(18)16-19-17(4,5)15(12(3)21)20(16)24(22,23)13-9-7-11(2)8-10-13/h7-10,14-15H,6H2,1-5H3/t14-,15+/m0/s1. The molecule has 1 aliphatic heterocycles. The fourth-order valence-corrected chi connectivity index (χ4v) is 4.98. The number of hydrogen-bond donors (Lipinski definition) is 0. The molecule has 1 aromatic carbocycles. The third-order valence-electron chi connectivity index (χ3n) is 4.13. The number of aliphatic imine (C=N–C) groups is 1. The van der Waals surface area contributed by atoms with E-state index in [4.69, 9.17) is 11.6 Å². The van der Waals surface area contributed by atoms with Gasteiger partial charge in [-0.15, -0.1) is 11.6 Å². The van der Waals surface area contributed by atoms with Crippen molar-refractivity contribution in [1.29, 1.82) is 0 Å². The molecule has 0 aliphatic carbocycles. The molecule has 0 unspecified atom stereocenters. The number of benzene rings is 1. The summed E-state index contributed by atoms with van der Waals surface area (Å²) in [7, 11) is -3.93. The van der Waals surface area contributed by atoms with Gasteiger partial charge in [0.05, 0.1) is 15.8 Å². The van der Waals surface area contributed by atoms with Gasteiger partial charge in [-0.2, -0.15) is 0 Å². The molecule has 7 heteroatoms. The van der Waals surface area contributed by atoms with Gasteiger partial charge in [0, 0.05) is 0 Å². The first-order chi connectivity index (χ1) is 11.0.